The van der Waals surface area contributed by atoms with Gasteiger partial charge in [-0.3, -0.25) is 0 Å². The van der Waals surface area contributed by atoms with E-state index in [2.05, 4.69) is 5.16 Å². The molecule has 0 spiro atoms. The summed E-state index contributed by atoms with van der Waals surface area (Å²) in [6, 6.07) is 7.24. The summed E-state index contributed by atoms with van der Waals surface area (Å²) in [7, 11) is -2.96. The fourth-order valence-electron chi connectivity index (χ4n) is 1.65. The normalized spacial score (nSPS) is 12.4. The van der Waals surface area contributed by atoms with Crippen LogP contribution in [0.25, 0.3) is 0 Å². The van der Waals surface area contributed by atoms with Crippen molar-refractivity contribution in [1.29, 1.82) is 0 Å². The van der Waals surface area contributed by atoms with E-state index in [1.807, 2.05) is 25.1 Å². The van der Waals surface area contributed by atoms with Gasteiger partial charge in [0.1, 0.15) is 15.6 Å². The molecule has 0 saturated carbocycles. The zero-order chi connectivity index (χ0) is 14.3. The van der Waals surface area contributed by atoms with Gasteiger partial charge < -0.3 is 9.94 Å². The van der Waals surface area contributed by atoms with Gasteiger partial charge in [-0.15, -0.1) is 0 Å². The Labute approximate surface area is 113 Å². The highest BCUT2D eigenvalue weighted by Crippen LogP contribution is 2.20. The maximum Gasteiger partial charge on any atom is 0.147 e. The Hall–Kier alpha value is -1.56. The Morgan fingerprint density at radius 1 is 1.37 bits per heavy atom. The summed E-state index contributed by atoms with van der Waals surface area (Å²) in [6.45, 7) is 2.20. The first-order valence-electron chi connectivity index (χ1n) is 6.08. The number of benzene rings is 1. The molecular weight excluding hydrogens is 266 g/mol. The molecule has 0 heterocycles. The largest absolute Gasteiger partial charge is 0.493 e. The number of sulfone groups is 1. The van der Waals surface area contributed by atoms with Crippen molar-refractivity contribution in [3.05, 3.63) is 29.8 Å². The molecule has 1 aromatic rings. The van der Waals surface area contributed by atoms with Gasteiger partial charge >= 0.3 is 0 Å². The highest BCUT2D eigenvalue weighted by molar-refractivity contribution is 7.90. The van der Waals surface area contributed by atoms with Crippen molar-refractivity contribution in [3.8, 4) is 5.75 Å². The maximum atomic E-state index is 11.0. The van der Waals surface area contributed by atoms with Crippen molar-refractivity contribution in [1.82, 2.24) is 0 Å². The first-order valence-corrected chi connectivity index (χ1v) is 8.15. The van der Waals surface area contributed by atoms with Crippen molar-refractivity contribution in [2.45, 2.75) is 19.8 Å². The number of oxime groups is 1. The third-order valence-electron chi connectivity index (χ3n) is 2.57. The van der Waals surface area contributed by atoms with Crippen LogP contribution in [0.5, 0.6) is 5.75 Å². The maximum absolute atomic E-state index is 11.0. The molecule has 0 saturated heterocycles. The van der Waals surface area contributed by atoms with Gasteiger partial charge in [0, 0.05) is 11.8 Å². The van der Waals surface area contributed by atoms with Gasteiger partial charge in [0.25, 0.3) is 0 Å². The Morgan fingerprint density at radius 2 is 2.05 bits per heavy atom. The molecular formula is C13H19NO4S. The minimum atomic E-state index is -2.96. The average molecular weight is 285 g/mol. The van der Waals surface area contributed by atoms with E-state index in [0.717, 1.165) is 5.56 Å². The average Bonchev–Trinajstić information content (AvgIpc) is 2.36. The van der Waals surface area contributed by atoms with E-state index >= 15 is 0 Å². The van der Waals surface area contributed by atoms with Gasteiger partial charge in [-0.1, -0.05) is 24.2 Å². The molecule has 0 aromatic heterocycles. The zero-order valence-corrected chi connectivity index (χ0v) is 12.0. The SMILES string of the molecule is CCC(=NO)c1ccccc1OCCCS(C)(=O)=O. The van der Waals surface area contributed by atoms with Crippen molar-refractivity contribution in [3.63, 3.8) is 0 Å². The van der Waals surface area contributed by atoms with Gasteiger partial charge in [-0.25, -0.2) is 8.42 Å². The smallest absolute Gasteiger partial charge is 0.147 e. The second-order valence-electron chi connectivity index (χ2n) is 4.23. The predicted molar refractivity (Wildman–Crippen MR) is 74.9 cm³/mol. The lowest BCUT2D eigenvalue weighted by atomic mass is 10.1. The van der Waals surface area contributed by atoms with E-state index in [0.29, 0.717) is 30.9 Å². The number of rotatable bonds is 7. The molecule has 6 heteroatoms. The first kappa shape index (κ1) is 15.5. The number of hydrogen-bond acceptors (Lipinski definition) is 5. The number of para-hydroxylation sites is 1. The van der Waals surface area contributed by atoms with Crippen molar-refractivity contribution < 1.29 is 18.4 Å². The summed E-state index contributed by atoms with van der Waals surface area (Å²) in [5.41, 5.74) is 1.27. The van der Waals surface area contributed by atoms with Crippen LogP contribution in [-0.2, 0) is 9.84 Å². The molecule has 0 bridgehead atoms. The number of ether oxygens (including phenoxy) is 1. The van der Waals surface area contributed by atoms with Crippen molar-refractivity contribution in [2.24, 2.45) is 5.16 Å². The Kier molecular flexibility index (Phi) is 5.82. The highest BCUT2D eigenvalue weighted by atomic mass is 32.2. The summed E-state index contributed by atoms with van der Waals surface area (Å²) < 4.78 is 27.6. The van der Waals surface area contributed by atoms with E-state index in [-0.39, 0.29) is 5.75 Å². The van der Waals surface area contributed by atoms with Crippen LogP contribution in [-0.4, -0.2) is 38.0 Å². The van der Waals surface area contributed by atoms with E-state index in [1.165, 1.54) is 6.26 Å². The second-order valence-corrected chi connectivity index (χ2v) is 6.49. The summed E-state index contributed by atoms with van der Waals surface area (Å²) >= 11 is 0. The van der Waals surface area contributed by atoms with Gasteiger partial charge in [0.2, 0.25) is 0 Å². The molecule has 0 amide bonds. The van der Waals surface area contributed by atoms with Crippen LogP contribution in [0, 0.1) is 0 Å². The van der Waals surface area contributed by atoms with Crippen LogP contribution in [0.2, 0.25) is 0 Å². The fraction of sp³-hybridized carbons (Fsp3) is 0.462. The quantitative estimate of drug-likeness (QED) is 0.360. The Balaban J connectivity index is 2.69. The van der Waals surface area contributed by atoms with E-state index in [1.54, 1.807) is 6.07 Å². The molecule has 0 aliphatic rings. The van der Waals surface area contributed by atoms with Crippen LogP contribution in [0.4, 0.5) is 0 Å². The Bertz CT molecular complexity index is 537. The van der Waals surface area contributed by atoms with Gasteiger partial charge in [0.15, 0.2) is 0 Å². The number of hydrogen-bond donors (Lipinski definition) is 1. The predicted octanol–water partition coefficient (Wildman–Crippen LogP) is 2.09. The van der Waals surface area contributed by atoms with Crippen LogP contribution < -0.4 is 4.74 Å². The topological polar surface area (TPSA) is 76.0 Å². The third-order valence-corrected chi connectivity index (χ3v) is 3.60. The molecule has 1 N–H and O–H groups in total. The zero-order valence-electron chi connectivity index (χ0n) is 11.2. The van der Waals surface area contributed by atoms with E-state index in [9.17, 15) is 8.42 Å². The van der Waals surface area contributed by atoms with Gasteiger partial charge in [-0.2, -0.15) is 0 Å². The standard InChI is InChI=1S/C13H19NO4S/c1-3-12(14-15)11-7-4-5-8-13(11)18-9-6-10-19(2,16)17/h4-5,7-8,15H,3,6,9-10H2,1-2H3. The van der Waals surface area contributed by atoms with E-state index in [4.69, 9.17) is 9.94 Å². The molecule has 0 radical (unpaired) electrons. The first-order chi connectivity index (χ1) is 8.98. The summed E-state index contributed by atoms with van der Waals surface area (Å²) in [4.78, 5) is 0. The van der Waals surface area contributed by atoms with Gasteiger partial charge in [0.05, 0.1) is 18.1 Å². The minimum Gasteiger partial charge on any atom is -0.493 e. The van der Waals surface area contributed by atoms with Crippen LogP contribution in [0.1, 0.15) is 25.3 Å². The summed E-state index contributed by atoms with van der Waals surface area (Å²) in [5, 5.41) is 12.2. The van der Waals surface area contributed by atoms with Crippen molar-refractivity contribution in [2.75, 3.05) is 18.6 Å². The lowest BCUT2D eigenvalue weighted by Crippen LogP contribution is -2.10. The molecule has 1 aromatic carbocycles. The highest BCUT2D eigenvalue weighted by Gasteiger charge is 2.09. The third kappa shape index (κ3) is 5.30. The lowest BCUT2D eigenvalue weighted by Gasteiger charge is -2.11. The minimum absolute atomic E-state index is 0.101. The molecule has 106 valence electrons. The molecule has 0 aliphatic heterocycles. The fourth-order valence-corrected chi connectivity index (χ4v) is 2.29. The van der Waals surface area contributed by atoms with Crippen LogP contribution in [0.3, 0.4) is 0 Å². The molecule has 19 heavy (non-hydrogen) atoms. The lowest BCUT2D eigenvalue weighted by molar-refractivity contribution is 0.311. The number of nitrogens with zero attached hydrogens (tertiary/aromatic N) is 1. The van der Waals surface area contributed by atoms with Gasteiger partial charge in [-0.05, 0) is 25.0 Å². The molecule has 5 nitrogen and oxygen atoms in total. The molecule has 0 atom stereocenters. The Morgan fingerprint density at radius 3 is 2.63 bits per heavy atom. The summed E-state index contributed by atoms with van der Waals surface area (Å²) in [6.07, 6.45) is 2.22. The molecule has 0 unspecified atom stereocenters. The summed E-state index contributed by atoms with van der Waals surface area (Å²) in [5.74, 6) is 0.704. The van der Waals surface area contributed by atoms with E-state index < -0.39 is 9.84 Å². The monoisotopic (exact) mass is 285 g/mol. The van der Waals surface area contributed by atoms with Crippen LogP contribution in [0.15, 0.2) is 29.4 Å². The molecule has 1 rings (SSSR count). The van der Waals surface area contributed by atoms with Crippen molar-refractivity contribution >= 4 is 15.5 Å². The second kappa shape index (κ2) is 7.13. The molecule has 0 aliphatic carbocycles. The molecule has 0 fully saturated rings. The van der Waals surface area contributed by atoms with Crippen LogP contribution >= 0.6 is 0 Å².